The molecule has 0 aliphatic heterocycles. The number of anilines is 1. The van der Waals surface area contributed by atoms with Gasteiger partial charge in [-0.05, 0) is 25.1 Å². The van der Waals surface area contributed by atoms with Crippen LogP contribution in [0.3, 0.4) is 0 Å². The number of pyridine rings is 1. The summed E-state index contributed by atoms with van der Waals surface area (Å²) in [6.07, 6.45) is 4.04. The Kier molecular flexibility index (Phi) is 5.75. The van der Waals surface area contributed by atoms with E-state index in [2.05, 4.69) is 20.6 Å². The average Bonchev–Trinajstić information content (AvgIpc) is 3.24. The van der Waals surface area contributed by atoms with Crippen LogP contribution in [0.2, 0.25) is 0 Å². The van der Waals surface area contributed by atoms with Gasteiger partial charge in [0.2, 0.25) is 5.91 Å². The van der Waals surface area contributed by atoms with Crippen LogP contribution in [-0.2, 0) is 17.6 Å². The van der Waals surface area contributed by atoms with Gasteiger partial charge in [-0.1, -0.05) is 6.07 Å². The summed E-state index contributed by atoms with van der Waals surface area (Å²) in [5.74, 6) is 0.151. The average molecular weight is 370 g/mol. The van der Waals surface area contributed by atoms with Crippen molar-refractivity contribution in [3.63, 3.8) is 0 Å². The van der Waals surface area contributed by atoms with Crippen molar-refractivity contribution < 1.29 is 14.0 Å². The highest BCUT2D eigenvalue weighted by molar-refractivity contribution is 7.14. The van der Waals surface area contributed by atoms with Gasteiger partial charge in [0.05, 0.1) is 23.9 Å². The Labute approximate surface area is 154 Å². The highest BCUT2D eigenvalue weighted by Crippen LogP contribution is 2.18. The lowest BCUT2D eigenvalue weighted by molar-refractivity contribution is -0.120. The molecule has 3 heterocycles. The van der Waals surface area contributed by atoms with Crippen LogP contribution < -0.4 is 10.6 Å². The minimum atomic E-state index is -0.281. The first-order valence-corrected chi connectivity index (χ1v) is 8.96. The molecule has 0 fully saturated rings. The van der Waals surface area contributed by atoms with E-state index < -0.39 is 0 Å². The van der Waals surface area contributed by atoms with Crippen LogP contribution >= 0.6 is 11.3 Å². The summed E-state index contributed by atoms with van der Waals surface area (Å²) in [7, 11) is 0. The number of aryl methyl sites for hydroxylation is 1. The number of hydrogen-bond acceptors (Lipinski definition) is 6. The van der Waals surface area contributed by atoms with Gasteiger partial charge in [-0.3, -0.25) is 19.9 Å². The van der Waals surface area contributed by atoms with Crippen LogP contribution in [0, 0.1) is 6.92 Å². The van der Waals surface area contributed by atoms with E-state index in [0.29, 0.717) is 35.1 Å². The molecule has 0 unspecified atom stereocenters. The third-order valence-electron chi connectivity index (χ3n) is 3.65. The van der Waals surface area contributed by atoms with Gasteiger partial charge in [0.15, 0.2) is 5.13 Å². The normalized spacial score (nSPS) is 10.5. The standard InChI is InChI=1S/C18H18N4O3S/c1-12-15(6-9-25-12)17(24)22-18-21-14(11-26-18)10-16(23)20-8-5-13-4-2-3-7-19-13/h2-4,6-7,9,11H,5,8,10H2,1H3,(H,20,23)(H,21,22,24). The Morgan fingerprint density at radius 1 is 1.23 bits per heavy atom. The third-order valence-corrected chi connectivity index (χ3v) is 4.45. The molecule has 0 aliphatic rings. The molecule has 0 saturated carbocycles. The molecule has 134 valence electrons. The van der Waals surface area contributed by atoms with Crippen LogP contribution in [0.25, 0.3) is 0 Å². The van der Waals surface area contributed by atoms with Crippen molar-refractivity contribution in [2.45, 2.75) is 19.8 Å². The van der Waals surface area contributed by atoms with E-state index in [0.717, 1.165) is 5.69 Å². The maximum absolute atomic E-state index is 12.1. The molecular formula is C18H18N4O3S. The van der Waals surface area contributed by atoms with Crippen LogP contribution in [0.5, 0.6) is 0 Å². The number of carbonyl (C=O) groups excluding carboxylic acids is 2. The van der Waals surface area contributed by atoms with Crippen molar-refractivity contribution in [3.05, 3.63) is 64.8 Å². The largest absolute Gasteiger partial charge is 0.469 e. The van der Waals surface area contributed by atoms with E-state index in [1.807, 2.05) is 18.2 Å². The number of nitrogens with zero attached hydrogens (tertiary/aromatic N) is 2. The lowest BCUT2D eigenvalue weighted by atomic mass is 10.2. The number of carbonyl (C=O) groups is 2. The molecule has 26 heavy (non-hydrogen) atoms. The summed E-state index contributed by atoms with van der Waals surface area (Å²) >= 11 is 1.28. The van der Waals surface area contributed by atoms with Gasteiger partial charge in [-0.2, -0.15) is 0 Å². The molecule has 7 nitrogen and oxygen atoms in total. The molecule has 0 bridgehead atoms. The van der Waals surface area contributed by atoms with E-state index >= 15 is 0 Å². The quantitative estimate of drug-likeness (QED) is 0.666. The zero-order chi connectivity index (χ0) is 18.4. The van der Waals surface area contributed by atoms with Crippen LogP contribution in [0.4, 0.5) is 5.13 Å². The van der Waals surface area contributed by atoms with Crippen molar-refractivity contribution in [1.82, 2.24) is 15.3 Å². The van der Waals surface area contributed by atoms with E-state index in [4.69, 9.17) is 4.42 Å². The highest BCUT2D eigenvalue weighted by Gasteiger charge is 2.14. The lowest BCUT2D eigenvalue weighted by Crippen LogP contribution is -2.27. The zero-order valence-electron chi connectivity index (χ0n) is 14.2. The summed E-state index contributed by atoms with van der Waals surface area (Å²) in [4.78, 5) is 32.6. The van der Waals surface area contributed by atoms with Crippen LogP contribution in [0.1, 0.15) is 27.5 Å². The molecule has 2 N–H and O–H groups in total. The number of hydrogen-bond donors (Lipinski definition) is 2. The smallest absolute Gasteiger partial charge is 0.260 e. The summed E-state index contributed by atoms with van der Waals surface area (Å²) in [5.41, 5.74) is 2.01. The van der Waals surface area contributed by atoms with Gasteiger partial charge in [-0.15, -0.1) is 11.3 Å². The predicted octanol–water partition coefficient (Wildman–Crippen LogP) is 2.59. The second kappa shape index (κ2) is 8.39. The first-order chi connectivity index (χ1) is 12.6. The van der Waals surface area contributed by atoms with Crippen LogP contribution in [0.15, 0.2) is 46.5 Å². The Morgan fingerprint density at radius 3 is 2.85 bits per heavy atom. The number of amides is 2. The summed E-state index contributed by atoms with van der Waals surface area (Å²) < 4.78 is 5.12. The first kappa shape index (κ1) is 17.8. The Bertz CT molecular complexity index is 889. The molecule has 0 spiro atoms. The summed E-state index contributed by atoms with van der Waals surface area (Å²) in [5, 5.41) is 7.77. The van der Waals surface area contributed by atoms with Gasteiger partial charge in [0.25, 0.3) is 5.91 Å². The number of nitrogens with one attached hydrogen (secondary N) is 2. The van der Waals surface area contributed by atoms with E-state index in [1.54, 1.807) is 24.6 Å². The van der Waals surface area contributed by atoms with Crippen molar-refractivity contribution in [2.75, 3.05) is 11.9 Å². The third kappa shape index (κ3) is 4.76. The summed E-state index contributed by atoms with van der Waals surface area (Å²) in [6.45, 7) is 2.24. The molecule has 0 aromatic carbocycles. The Morgan fingerprint density at radius 2 is 2.12 bits per heavy atom. The lowest BCUT2D eigenvalue weighted by Gasteiger charge is -2.03. The molecule has 3 rings (SSSR count). The minimum absolute atomic E-state index is 0.116. The fraction of sp³-hybridized carbons (Fsp3) is 0.222. The molecular weight excluding hydrogens is 352 g/mol. The van der Waals surface area contributed by atoms with Gasteiger partial charge in [0.1, 0.15) is 5.76 Å². The fourth-order valence-corrected chi connectivity index (χ4v) is 3.04. The second-order valence-electron chi connectivity index (χ2n) is 5.59. The Hall–Kier alpha value is -3.00. The van der Waals surface area contributed by atoms with Gasteiger partial charge < -0.3 is 9.73 Å². The van der Waals surface area contributed by atoms with Crippen molar-refractivity contribution in [1.29, 1.82) is 0 Å². The molecule has 0 saturated heterocycles. The van der Waals surface area contributed by atoms with E-state index in [9.17, 15) is 9.59 Å². The van der Waals surface area contributed by atoms with E-state index in [1.165, 1.54) is 17.6 Å². The predicted molar refractivity (Wildman–Crippen MR) is 98.2 cm³/mol. The van der Waals surface area contributed by atoms with Crippen LogP contribution in [-0.4, -0.2) is 28.3 Å². The zero-order valence-corrected chi connectivity index (χ0v) is 15.0. The Balaban J connectivity index is 1.46. The fourth-order valence-electron chi connectivity index (χ4n) is 2.33. The number of thiazole rings is 1. The number of furan rings is 1. The summed E-state index contributed by atoms with van der Waals surface area (Å²) in [6, 6.07) is 7.30. The number of aromatic nitrogens is 2. The van der Waals surface area contributed by atoms with Crippen molar-refractivity contribution in [2.24, 2.45) is 0 Å². The second-order valence-corrected chi connectivity index (χ2v) is 6.44. The SMILES string of the molecule is Cc1occc1C(=O)Nc1nc(CC(=O)NCCc2ccccn2)cs1. The van der Waals surface area contributed by atoms with Crippen molar-refractivity contribution >= 4 is 28.3 Å². The topological polar surface area (TPSA) is 97.1 Å². The molecule has 3 aromatic heterocycles. The van der Waals surface area contributed by atoms with Gasteiger partial charge in [-0.25, -0.2) is 4.98 Å². The molecule has 2 amide bonds. The van der Waals surface area contributed by atoms with Crippen molar-refractivity contribution in [3.8, 4) is 0 Å². The molecule has 0 radical (unpaired) electrons. The maximum Gasteiger partial charge on any atom is 0.260 e. The first-order valence-electron chi connectivity index (χ1n) is 8.08. The maximum atomic E-state index is 12.1. The highest BCUT2D eigenvalue weighted by atomic mass is 32.1. The monoisotopic (exact) mass is 370 g/mol. The molecule has 0 aliphatic carbocycles. The molecule has 3 aromatic rings. The number of rotatable bonds is 7. The molecule has 0 atom stereocenters. The molecule has 8 heteroatoms. The minimum Gasteiger partial charge on any atom is -0.469 e. The van der Waals surface area contributed by atoms with E-state index in [-0.39, 0.29) is 18.2 Å². The van der Waals surface area contributed by atoms with Gasteiger partial charge >= 0.3 is 0 Å². The van der Waals surface area contributed by atoms with Gasteiger partial charge in [0, 0.05) is 30.2 Å².